The van der Waals surface area contributed by atoms with Crippen molar-refractivity contribution in [1.29, 1.82) is 0 Å². The Labute approximate surface area is 177 Å². The Morgan fingerprint density at radius 1 is 1.17 bits per heavy atom. The molecular weight excluding hydrogens is 376 g/mol. The summed E-state index contributed by atoms with van der Waals surface area (Å²) >= 11 is 0. The van der Waals surface area contributed by atoms with E-state index in [1.807, 2.05) is 6.20 Å². The molecule has 2 aliphatic rings. The van der Waals surface area contributed by atoms with Gasteiger partial charge in [-0.05, 0) is 63.3 Å². The molecule has 1 saturated carbocycles. The van der Waals surface area contributed by atoms with Gasteiger partial charge in [0.05, 0.1) is 47.9 Å². The third-order valence-corrected chi connectivity index (χ3v) is 6.50. The molecule has 1 aliphatic carbocycles. The molecule has 1 saturated heterocycles. The van der Waals surface area contributed by atoms with E-state index in [1.54, 1.807) is 0 Å². The first kappa shape index (κ1) is 19.5. The largest absolute Gasteiger partial charge is 0.378 e. The molecule has 0 spiro atoms. The van der Waals surface area contributed by atoms with Crippen molar-refractivity contribution in [2.75, 3.05) is 37.7 Å². The minimum atomic E-state index is 0.504. The molecule has 7 heteroatoms. The summed E-state index contributed by atoms with van der Waals surface area (Å²) < 4.78 is 7.59. The summed E-state index contributed by atoms with van der Waals surface area (Å²) in [6.07, 6.45) is 8.80. The maximum Gasteiger partial charge on any atom is 0.0927 e. The average molecular weight is 407 g/mol. The van der Waals surface area contributed by atoms with Gasteiger partial charge in [0, 0.05) is 30.5 Å². The van der Waals surface area contributed by atoms with Gasteiger partial charge in [0.15, 0.2) is 0 Å². The molecule has 3 heterocycles. The van der Waals surface area contributed by atoms with Gasteiger partial charge in [-0.25, -0.2) is 4.98 Å². The van der Waals surface area contributed by atoms with Crippen molar-refractivity contribution in [2.24, 2.45) is 11.7 Å². The van der Waals surface area contributed by atoms with Gasteiger partial charge in [-0.2, -0.15) is 5.10 Å². The van der Waals surface area contributed by atoms with E-state index in [2.05, 4.69) is 40.9 Å². The quantitative estimate of drug-likeness (QED) is 0.676. The molecule has 1 aromatic carbocycles. The smallest absolute Gasteiger partial charge is 0.0927 e. The number of nitrogens with two attached hydrogens (primary N) is 1. The second kappa shape index (κ2) is 8.32. The van der Waals surface area contributed by atoms with Crippen molar-refractivity contribution in [1.82, 2.24) is 19.7 Å². The van der Waals surface area contributed by atoms with E-state index in [-0.39, 0.29) is 0 Å². The molecule has 2 aromatic heterocycles. The Morgan fingerprint density at radius 2 is 2.00 bits per heavy atom. The van der Waals surface area contributed by atoms with E-state index >= 15 is 0 Å². The van der Waals surface area contributed by atoms with Crippen LogP contribution in [0.5, 0.6) is 0 Å². The van der Waals surface area contributed by atoms with Crippen LogP contribution in [0.15, 0.2) is 30.6 Å². The SMILES string of the molecule is Cc1nn(C2CC(CCCN)C2)cc1-c1cnc2cc(N3CCOCC3)ccc2n1. The van der Waals surface area contributed by atoms with Crippen LogP contribution in [0.25, 0.3) is 22.3 Å². The molecule has 3 aromatic rings. The third kappa shape index (κ3) is 3.79. The van der Waals surface area contributed by atoms with E-state index in [4.69, 9.17) is 25.5 Å². The topological polar surface area (TPSA) is 82.1 Å². The van der Waals surface area contributed by atoms with Crippen molar-refractivity contribution in [2.45, 2.75) is 38.6 Å². The lowest BCUT2D eigenvalue weighted by Gasteiger charge is -2.35. The average Bonchev–Trinajstić information content (AvgIpc) is 3.13. The summed E-state index contributed by atoms with van der Waals surface area (Å²) in [4.78, 5) is 11.9. The lowest BCUT2D eigenvalue weighted by molar-refractivity contribution is 0.122. The second-order valence-electron chi connectivity index (χ2n) is 8.56. The van der Waals surface area contributed by atoms with Crippen LogP contribution >= 0.6 is 0 Å². The number of hydrogen-bond acceptors (Lipinski definition) is 6. The normalized spacial score (nSPS) is 21.7. The van der Waals surface area contributed by atoms with E-state index in [0.29, 0.717) is 6.04 Å². The summed E-state index contributed by atoms with van der Waals surface area (Å²) in [7, 11) is 0. The molecule has 158 valence electrons. The first-order chi connectivity index (χ1) is 14.7. The van der Waals surface area contributed by atoms with Gasteiger partial charge in [0.1, 0.15) is 0 Å². The van der Waals surface area contributed by atoms with E-state index < -0.39 is 0 Å². The van der Waals surface area contributed by atoms with Crippen molar-refractivity contribution in [3.05, 3.63) is 36.3 Å². The number of anilines is 1. The summed E-state index contributed by atoms with van der Waals surface area (Å²) in [5.41, 5.74) is 11.6. The maximum atomic E-state index is 5.64. The fourth-order valence-electron chi connectivity index (χ4n) is 4.63. The van der Waals surface area contributed by atoms with Gasteiger partial charge in [-0.15, -0.1) is 0 Å². The molecule has 30 heavy (non-hydrogen) atoms. The van der Waals surface area contributed by atoms with Crippen LogP contribution in [0.1, 0.15) is 37.4 Å². The Bertz CT molecular complexity index is 1020. The fourth-order valence-corrected chi connectivity index (χ4v) is 4.63. The monoisotopic (exact) mass is 406 g/mol. The molecule has 5 rings (SSSR count). The zero-order valence-corrected chi connectivity index (χ0v) is 17.6. The number of nitrogens with zero attached hydrogens (tertiary/aromatic N) is 5. The molecule has 0 atom stereocenters. The Morgan fingerprint density at radius 3 is 2.80 bits per heavy atom. The Balaban J connectivity index is 1.34. The Kier molecular flexibility index (Phi) is 5.39. The molecule has 0 amide bonds. The highest BCUT2D eigenvalue weighted by molar-refractivity contribution is 5.81. The number of morpholine rings is 1. The molecule has 0 radical (unpaired) electrons. The van der Waals surface area contributed by atoms with Crippen LogP contribution in [0.3, 0.4) is 0 Å². The number of aromatic nitrogens is 4. The van der Waals surface area contributed by atoms with Crippen LogP contribution in [0.2, 0.25) is 0 Å². The molecule has 7 nitrogen and oxygen atoms in total. The summed E-state index contributed by atoms with van der Waals surface area (Å²) in [6, 6.07) is 6.84. The van der Waals surface area contributed by atoms with Gasteiger partial charge in [-0.1, -0.05) is 0 Å². The first-order valence-corrected chi connectivity index (χ1v) is 11.1. The first-order valence-electron chi connectivity index (χ1n) is 11.1. The number of benzene rings is 1. The number of rotatable bonds is 6. The molecule has 0 unspecified atom stereocenters. The molecule has 1 aliphatic heterocycles. The van der Waals surface area contributed by atoms with E-state index in [1.165, 1.54) is 24.9 Å². The molecule has 2 N–H and O–H groups in total. The zero-order chi connectivity index (χ0) is 20.5. The lowest BCUT2D eigenvalue weighted by atomic mass is 9.77. The van der Waals surface area contributed by atoms with Crippen LogP contribution in [-0.4, -0.2) is 52.6 Å². The standard InChI is InChI=1S/C23H30N6O/c1-16-20(15-29(27-16)19-11-17(12-19)3-2-6-24)23-14-25-22-13-18(4-5-21(22)26-23)28-7-9-30-10-8-28/h4-5,13-15,17,19H,2-3,6-12,24H2,1H3. The Hall–Kier alpha value is -2.51. The number of fused-ring (bicyclic) bond motifs is 1. The van der Waals surface area contributed by atoms with Crippen molar-refractivity contribution >= 4 is 16.7 Å². The van der Waals surface area contributed by atoms with Gasteiger partial charge in [-0.3, -0.25) is 9.67 Å². The van der Waals surface area contributed by atoms with Crippen molar-refractivity contribution < 1.29 is 4.74 Å². The second-order valence-corrected chi connectivity index (χ2v) is 8.56. The van der Waals surface area contributed by atoms with Crippen molar-refractivity contribution in [3.8, 4) is 11.3 Å². The van der Waals surface area contributed by atoms with Crippen LogP contribution in [-0.2, 0) is 4.74 Å². The van der Waals surface area contributed by atoms with Gasteiger partial charge >= 0.3 is 0 Å². The highest BCUT2D eigenvalue weighted by atomic mass is 16.5. The summed E-state index contributed by atoms with van der Waals surface area (Å²) in [6.45, 7) is 6.25. The molecule has 0 bridgehead atoms. The van der Waals surface area contributed by atoms with Crippen LogP contribution in [0.4, 0.5) is 5.69 Å². The maximum absolute atomic E-state index is 5.64. The lowest BCUT2D eigenvalue weighted by Crippen LogP contribution is -2.36. The predicted molar refractivity (Wildman–Crippen MR) is 119 cm³/mol. The summed E-state index contributed by atoms with van der Waals surface area (Å²) in [5, 5.41) is 4.78. The highest BCUT2D eigenvalue weighted by Gasteiger charge is 2.31. The number of ether oxygens (including phenoxy) is 1. The zero-order valence-electron chi connectivity index (χ0n) is 17.6. The van der Waals surface area contributed by atoms with Crippen molar-refractivity contribution in [3.63, 3.8) is 0 Å². The van der Waals surface area contributed by atoms with Crippen LogP contribution < -0.4 is 10.6 Å². The third-order valence-electron chi connectivity index (χ3n) is 6.50. The number of hydrogen-bond donors (Lipinski definition) is 1. The van der Waals surface area contributed by atoms with Gasteiger partial charge < -0.3 is 15.4 Å². The minimum absolute atomic E-state index is 0.504. The minimum Gasteiger partial charge on any atom is -0.378 e. The predicted octanol–water partition coefficient (Wildman–Crippen LogP) is 3.33. The summed E-state index contributed by atoms with van der Waals surface area (Å²) in [5.74, 6) is 0.799. The number of aryl methyl sites for hydroxylation is 1. The van der Waals surface area contributed by atoms with Gasteiger partial charge in [0.25, 0.3) is 0 Å². The fraction of sp³-hybridized carbons (Fsp3) is 0.522. The van der Waals surface area contributed by atoms with E-state index in [9.17, 15) is 0 Å². The van der Waals surface area contributed by atoms with Crippen LogP contribution in [0, 0.1) is 12.8 Å². The molecular formula is C23H30N6O. The van der Waals surface area contributed by atoms with E-state index in [0.717, 1.165) is 73.2 Å². The van der Waals surface area contributed by atoms with Gasteiger partial charge in [0.2, 0.25) is 0 Å². The highest BCUT2D eigenvalue weighted by Crippen LogP contribution is 2.40. The molecule has 2 fully saturated rings.